The Morgan fingerprint density at radius 2 is 2.31 bits per heavy atom. The van der Waals surface area contributed by atoms with E-state index in [1.54, 1.807) is 0 Å². The van der Waals surface area contributed by atoms with E-state index in [2.05, 4.69) is 23.2 Å². The van der Waals surface area contributed by atoms with Gasteiger partial charge >= 0.3 is 0 Å². The number of nitrogens with zero attached hydrogens (tertiary/aromatic N) is 2. The molecule has 1 amide bonds. The molecule has 1 aliphatic rings. The summed E-state index contributed by atoms with van der Waals surface area (Å²) in [6.07, 6.45) is 2.47. The van der Waals surface area contributed by atoms with E-state index in [4.69, 9.17) is 5.26 Å². The molecule has 0 aromatic carbocycles. The predicted octanol–water partition coefficient (Wildman–Crippen LogP) is 1.28. The van der Waals surface area contributed by atoms with Gasteiger partial charge in [0.25, 0.3) is 0 Å². The van der Waals surface area contributed by atoms with E-state index in [1.165, 1.54) is 0 Å². The molecule has 1 fully saturated rings. The van der Waals surface area contributed by atoms with Crippen LogP contribution in [0.1, 0.15) is 40.0 Å². The van der Waals surface area contributed by atoms with Crippen LogP contribution in [0.25, 0.3) is 0 Å². The van der Waals surface area contributed by atoms with Gasteiger partial charge in [0, 0.05) is 12.1 Å². The predicted molar refractivity (Wildman–Crippen MR) is 62.7 cm³/mol. The topological polar surface area (TPSA) is 56.1 Å². The highest BCUT2D eigenvalue weighted by Crippen LogP contribution is 2.18. The molecule has 0 radical (unpaired) electrons. The lowest BCUT2D eigenvalue weighted by atomic mass is 9.96. The lowest BCUT2D eigenvalue weighted by Gasteiger charge is -2.43. The maximum Gasteiger partial charge on any atom is 0.238 e. The minimum atomic E-state index is -0.260. The van der Waals surface area contributed by atoms with Gasteiger partial charge in [0.15, 0.2) is 0 Å². The van der Waals surface area contributed by atoms with Gasteiger partial charge in [0.05, 0.1) is 12.5 Å². The van der Waals surface area contributed by atoms with Crippen LogP contribution in [0.2, 0.25) is 0 Å². The third-order valence-corrected chi connectivity index (χ3v) is 2.89. The Hall–Kier alpha value is -1.08. The van der Waals surface area contributed by atoms with Crippen LogP contribution in [0.15, 0.2) is 0 Å². The maximum absolute atomic E-state index is 11.9. The van der Waals surface area contributed by atoms with Gasteiger partial charge in [-0.3, -0.25) is 9.69 Å². The van der Waals surface area contributed by atoms with E-state index in [0.717, 1.165) is 25.9 Å². The summed E-state index contributed by atoms with van der Waals surface area (Å²) in [4.78, 5) is 14.0. The minimum Gasteiger partial charge on any atom is -0.349 e. The van der Waals surface area contributed by atoms with E-state index in [-0.39, 0.29) is 23.9 Å². The summed E-state index contributed by atoms with van der Waals surface area (Å²) in [6, 6.07) is 1.84. The summed E-state index contributed by atoms with van der Waals surface area (Å²) in [7, 11) is 0. The van der Waals surface area contributed by atoms with Crippen LogP contribution in [0.5, 0.6) is 0 Å². The molecule has 0 aromatic rings. The third-order valence-electron chi connectivity index (χ3n) is 2.89. The zero-order valence-corrected chi connectivity index (χ0v) is 10.4. The SMILES string of the molecule is CCCCN1CC(C)(C)NC(=O)C1CC#N. The van der Waals surface area contributed by atoms with Crippen molar-refractivity contribution in [2.24, 2.45) is 0 Å². The first-order valence-electron chi connectivity index (χ1n) is 5.93. The second-order valence-electron chi connectivity index (χ2n) is 5.08. The molecule has 0 saturated carbocycles. The van der Waals surface area contributed by atoms with Crippen LogP contribution in [-0.4, -0.2) is 35.5 Å². The van der Waals surface area contributed by atoms with Gasteiger partial charge in [-0.25, -0.2) is 0 Å². The molecule has 1 aliphatic heterocycles. The van der Waals surface area contributed by atoms with E-state index in [1.807, 2.05) is 13.8 Å². The molecule has 90 valence electrons. The molecule has 4 heteroatoms. The molecule has 4 nitrogen and oxygen atoms in total. The van der Waals surface area contributed by atoms with Gasteiger partial charge < -0.3 is 5.32 Å². The number of carbonyl (C=O) groups excluding carboxylic acids is 1. The van der Waals surface area contributed by atoms with E-state index < -0.39 is 0 Å². The summed E-state index contributed by atoms with van der Waals surface area (Å²) in [6.45, 7) is 7.90. The van der Waals surface area contributed by atoms with Crippen LogP contribution in [0.3, 0.4) is 0 Å². The van der Waals surface area contributed by atoms with Gasteiger partial charge in [0.1, 0.15) is 6.04 Å². The molecule has 16 heavy (non-hydrogen) atoms. The third kappa shape index (κ3) is 3.21. The first-order valence-corrected chi connectivity index (χ1v) is 5.93. The van der Waals surface area contributed by atoms with Crippen molar-refractivity contribution in [2.45, 2.75) is 51.6 Å². The molecule has 0 spiro atoms. The van der Waals surface area contributed by atoms with E-state index in [0.29, 0.717) is 0 Å². The normalized spacial score (nSPS) is 24.9. The van der Waals surface area contributed by atoms with Crippen molar-refractivity contribution in [1.29, 1.82) is 5.26 Å². The van der Waals surface area contributed by atoms with E-state index in [9.17, 15) is 4.79 Å². The average molecular weight is 223 g/mol. The lowest BCUT2D eigenvalue weighted by molar-refractivity contribution is -0.132. The van der Waals surface area contributed by atoms with Gasteiger partial charge in [-0.1, -0.05) is 13.3 Å². The van der Waals surface area contributed by atoms with Crippen molar-refractivity contribution in [3.05, 3.63) is 0 Å². The second-order valence-corrected chi connectivity index (χ2v) is 5.08. The molecule has 0 aliphatic carbocycles. The van der Waals surface area contributed by atoms with Crippen molar-refractivity contribution >= 4 is 5.91 Å². The molecular weight excluding hydrogens is 202 g/mol. The number of hydrogen-bond donors (Lipinski definition) is 1. The van der Waals surface area contributed by atoms with Gasteiger partial charge in [-0.2, -0.15) is 5.26 Å². The summed E-state index contributed by atoms with van der Waals surface area (Å²) in [5.41, 5.74) is -0.184. The molecule has 1 heterocycles. The van der Waals surface area contributed by atoms with Crippen LogP contribution in [-0.2, 0) is 4.79 Å². The van der Waals surface area contributed by atoms with Gasteiger partial charge in [-0.05, 0) is 26.8 Å². The Bertz CT molecular complexity index is 293. The molecule has 1 unspecified atom stereocenters. The number of carbonyl (C=O) groups is 1. The number of hydrogen-bond acceptors (Lipinski definition) is 3. The number of piperazine rings is 1. The van der Waals surface area contributed by atoms with E-state index >= 15 is 0 Å². The van der Waals surface area contributed by atoms with Crippen molar-refractivity contribution in [3.63, 3.8) is 0 Å². The number of unbranched alkanes of at least 4 members (excludes halogenated alkanes) is 1. The molecule has 1 N–H and O–H groups in total. The molecule has 1 rings (SSSR count). The zero-order chi connectivity index (χ0) is 12.2. The largest absolute Gasteiger partial charge is 0.349 e. The Kier molecular flexibility index (Phi) is 4.31. The minimum absolute atomic E-state index is 0.00565. The number of nitrogens with one attached hydrogen (secondary N) is 1. The maximum atomic E-state index is 11.9. The monoisotopic (exact) mass is 223 g/mol. The smallest absolute Gasteiger partial charge is 0.238 e. The summed E-state index contributed by atoms with van der Waals surface area (Å²) >= 11 is 0. The summed E-state index contributed by atoms with van der Waals surface area (Å²) < 4.78 is 0. The standard InChI is InChI=1S/C12H21N3O/c1-4-5-8-15-9-12(2,3)14-11(16)10(15)6-7-13/h10H,4-6,8-9H2,1-3H3,(H,14,16). The number of nitriles is 1. The Morgan fingerprint density at radius 1 is 1.62 bits per heavy atom. The molecule has 0 bridgehead atoms. The number of amides is 1. The molecule has 1 saturated heterocycles. The fraction of sp³-hybridized carbons (Fsp3) is 0.833. The van der Waals surface area contributed by atoms with Crippen molar-refractivity contribution < 1.29 is 4.79 Å². The van der Waals surface area contributed by atoms with Crippen LogP contribution in [0.4, 0.5) is 0 Å². The zero-order valence-electron chi connectivity index (χ0n) is 10.4. The van der Waals surface area contributed by atoms with Crippen molar-refractivity contribution in [3.8, 4) is 6.07 Å². The highest BCUT2D eigenvalue weighted by Gasteiger charge is 2.37. The highest BCUT2D eigenvalue weighted by molar-refractivity contribution is 5.83. The van der Waals surface area contributed by atoms with Crippen LogP contribution >= 0.6 is 0 Å². The first kappa shape index (κ1) is 13.0. The Morgan fingerprint density at radius 3 is 2.88 bits per heavy atom. The summed E-state index contributed by atoms with van der Waals surface area (Å²) in [5, 5.41) is 11.7. The van der Waals surface area contributed by atoms with Crippen molar-refractivity contribution in [1.82, 2.24) is 10.2 Å². The molecular formula is C12H21N3O. The quantitative estimate of drug-likeness (QED) is 0.781. The lowest BCUT2D eigenvalue weighted by Crippen LogP contribution is -2.64. The number of rotatable bonds is 4. The average Bonchev–Trinajstić information content (AvgIpc) is 2.18. The highest BCUT2D eigenvalue weighted by atomic mass is 16.2. The first-order chi connectivity index (χ1) is 7.50. The fourth-order valence-corrected chi connectivity index (χ4v) is 2.14. The summed E-state index contributed by atoms with van der Waals surface area (Å²) in [5.74, 6) is -0.00565. The second kappa shape index (κ2) is 5.31. The van der Waals surface area contributed by atoms with Crippen LogP contribution < -0.4 is 5.32 Å². The Balaban J connectivity index is 2.72. The molecule has 1 atom stereocenters. The van der Waals surface area contributed by atoms with Gasteiger partial charge in [-0.15, -0.1) is 0 Å². The van der Waals surface area contributed by atoms with Crippen LogP contribution in [0, 0.1) is 11.3 Å². The Labute approximate surface area is 97.6 Å². The van der Waals surface area contributed by atoms with Gasteiger partial charge in [0.2, 0.25) is 5.91 Å². The van der Waals surface area contributed by atoms with Crippen molar-refractivity contribution in [2.75, 3.05) is 13.1 Å². The molecule has 0 aromatic heterocycles. The fourth-order valence-electron chi connectivity index (χ4n) is 2.14.